The van der Waals surface area contributed by atoms with Gasteiger partial charge in [0.1, 0.15) is 0 Å². The first-order chi connectivity index (χ1) is 10.6. The van der Waals surface area contributed by atoms with E-state index in [0.717, 1.165) is 0 Å². The standard InChI is InChI=1S/C20H34N2/c1-3-17-5-11-19(12-6-17,13-7-17)21-22-20-14-8-18(4-2,9-15-20)10-16-20/h3-16H2,1-2H3. The van der Waals surface area contributed by atoms with E-state index in [0.29, 0.717) is 10.8 Å². The van der Waals surface area contributed by atoms with E-state index in [-0.39, 0.29) is 11.1 Å². The van der Waals surface area contributed by atoms with Crippen LogP contribution in [0.4, 0.5) is 0 Å². The van der Waals surface area contributed by atoms with E-state index in [1.165, 1.54) is 89.9 Å². The van der Waals surface area contributed by atoms with Gasteiger partial charge in [-0.05, 0) is 87.9 Å². The molecule has 0 amide bonds. The molecule has 0 spiro atoms. The van der Waals surface area contributed by atoms with Crippen LogP contribution in [-0.4, -0.2) is 11.1 Å². The van der Waals surface area contributed by atoms with Gasteiger partial charge in [-0.25, -0.2) is 0 Å². The van der Waals surface area contributed by atoms with Crippen molar-refractivity contribution >= 4 is 0 Å². The summed E-state index contributed by atoms with van der Waals surface area (Å²) >= 11 is 0. The van der Waals surface area contributed by atoms with Gasteiger partial charge >= 0.3 is 0 Å². The SMILES string of the molecule is CCC12CCC(N=NC34CCC(CC)(CC3)CC4)(CC1)CC2. The van der Waals surface area contributed by atoms with Crippen molar-refractivity contribution in [2.45, 2.75) is 115 Å². The first-order valence-corrected chi connectivity index (χ1v) is 10.0. The van der Waals surface area contributed by atoms with E-state index < -0.39 is 0 Å². The van der Waals surface area contributed by atoms with Crippen molar-refractivity contribution < 1.29 is 0 Å². The zero-order valence-electron chi connectivity index (χ0n) is 14.8. The Morgan fingerprint density at radius 2 is 0.773 bits per heavy atom. The molecule has 2 nitrogen and oxygen atoms in total. The quantitative estimate of drug-likeness (QED) is 0.533. The lowest BCUT2D eigenvalue weighted by atomic mass is 9.56. The molecule has 6 aliphatic carbocycles. The van der Waals surface area contributed by atoms with E-state index >= 15 is 0 Å². The van der Waals surface area contributed by atoms with Gasteiger partial charge in [0, 0.05) is 0 Å². The van der Waals surface area contributed by atoms with Gasteiger partial charge in [0.05, 0.1) is 11.1 Å². The summed E-state index contributed by atoms with van der Waals surface area (Å²) in [5.74, 6) is 0. The van der Waals surface area contributed by atoms with E-state index in [2.05, 4.69) is 13.8 Å². The van der Waals surface area contributed by atoms with Crippen molar-refractivity contribution in [3.63, 3.8) is 0 Å². The molecule has 0 heterocycles. The zero-order valence-corrected chi connectivity index (χ0v) is 14.8. The Bertz CT molecular complexity index is 373. The first kappa shape index (κ1) is 15.1. The van der Waals surface area contributed by atoms with Crippen molar-refractivity contribution in [1.29, 1.82) is 0 Å². The van der Waals surface area contributed by atoms with Gasteiger partial charge < -0.3 is 0 Å². The summed E-state index contributed by atoms with van der Waals surface area (Å²) in [6.45, 7) is 4.78. The molecule has 0 atom stereocenters. The van der Waals surface area contributed by atoms with Gasteiger partial charge in [0.15, 0.2) is 0 Å². The molecular formula is C20H34N2. The second-order valence-electron chi connectivity index (χ2n) is 9.36. The molecule has 0 saturated heterocycles. The topological polar surface area (TPSA) is 24.7 Å². The lowest BCUT2D eigenvalue weighted by Crippen LogP contribution is -2.46. The summed E-state index contributed by atoms with van der Waals surface area (Å²) in [7, 11) is 0. The molecule has 6 fully saturated rings. The second kappa shape index (κ2) is 5.05. The third-order valence-corrected chi connectivity index (χ3v) is 8.70. The summed E-state index contributed by atoms with van der Waals surface area (Å²) in [5.41, 5.74) is 1.88. The van der Waals surface area contributed by atoms with Crippen molar-refractivity contribution in [3.05, 3.63) is 0 Å². The Hall–Kier alpha value is -0.400. The smallest absolute Gasteiger partial charge is 0.0816 e. The van der Waals surface area contributed by atoms with Crippen LogP contribution >= 0.6 is 0 Å². The highest BCUT2D eigenvalue weighted by Gasteiger charge is 2.50. The molecule has 0 radical (unpaired) electrons. The molecule has 6 rings (SSSR count). The van der Waals surface area contributed by atoms with E-state index in [1.807, 2.05) is 0 Å². The fourth-order valence-electron chi connectivity index (χ4n) is 6.06. The Morgan fingerprint density at radius 1 is 0.500 bits per heavy atom. The van der Waals surface area contributed by atoms with Gasteiger partial charge in [0.2, 0.25) is 0 Å². The molecule has 0 aliphatic heterocycles. The molecule has 0 N–H and O–H groups in total. The lowest BCUT2D eigenvalue weighted by Gasteiger charge is -2.53. The largest absolute Gasteiger partial charge is 0.187 e. The molecule has 6 aliphatic rings. The summed E-state index contributed by atoms with van der Waals surface area (Å²) in [6.07, 6.45) is 19.1. The zero-order chi connectivity index (χ0) is 15.3. The van der Waals surface area contributed by atoms with Crippen LogP contribution < -0.4 is 0 Å². The normalized spacial score (nSPS) is 50.8. The third kappa shape index (κ3) is 2.27. The Balaban J connectivity index is 1.45. The number of hydrogen-bond donors (Lipinski definition) is 0. The molecular weight excluding hydrogens is 268 g/mol. The number of nitrogens with zero attached hydrogens (tertiary/aromatic N) is 2. The summed E-state index contributed by atoms with van der Waals surface area (Å²) in [6, 6.07) is 0. The average Bonchev–Trinajstić information content (AvgIpc) is 2.63. The molecule has 124 valence electrons. The maximum atomic E-state index is 5.10. The molecule has 22 heavy (non-hydrogen) atoms. The van der Waals surface area contributed by atoms with E-state index in [1.54, 1.807) is 0 Å². The van der Waals surface area contributed by atoms with Gasteiger partial charge in [-0.2, -0.15) is 10.2 Å². The molecule has 0 aromatic rings. The van der Waals surface area contributed by atoms with Crippen LogP contribution in [0.2, 0.25) is 0 Å². The van der Waals surface area contributed by atoms with Crippen molar-refractivity contribution in [2.75, 3.05) is 0 Å². The van der Waals surface area contributed by atoms with Crippen LogP contribution in [0.1, 0.15) is 104 Å². The van der Waals surface area contributed by atoms with Gasteiger partial charge in [0.25, 0.3) is 0 Å². The highest BCUT2D eigenvalue weighted by atomic mass is 15.2. The highest BCUT2D eigenvalue weighted by molar-refractivity contribution is 5.06. The predicted octanol–water partition coefficient (Wildman–Crippen LogP) is 6.44. The Morgan fingerprint density at radius 3 is 1.00 bits per heavy atom. The van der Waals surface area contributed by atoms with Crippen LogP contribution in [0.15, 0.2) is 10.2 Å². The minimum atomic E-state index is 0.252. The van der Waals surface area contributed by atoms with Crippen LogP contribution in [0.3, 0.4) is 0 Å². The second-order valence-corrected chi connectivity index (χ2v) is 9.36. The Labute approximate surface area is 136 Å². The first-order valence-electron chi connectivity index (χ1n) is 10.0. The minimum Gasteiger partial charge on any atom is -0.187 e. The molecule has 4 bridgehead atoms. The minimum absolute atomic E-state index is 0.252. The van der Waals surface area contributed by atoms with Crippen LogP contribution in [0, 0.1) is 10.8 Å². The van der Waals surface area contributed by atoms with Gasteiger partial charge in [-0.1, -0.05) is 26.7 Å². The Kier molecular flexibility index (Phi) is 3.47. The van der Waals surface area contributed by atoms with Crippen LogP contribution in [0.25, 0.3) is 0 Å². The summed E-state index contributed by atoms with van der Waals surface area (Å²) in [5, 5.41) is 10.2. The number of hydrogen-bond acceptors (Lipinski definition) is 2. The van der Waals surface area contributed by atoms with Crippen molar-refractivity contribution in [3.8, 4) is 0 Å². The fourth-order valence-corrected chi connectivity index (χ4v) is 6.06. The number of azo groups is 1. The molecule has 2 heteroatoms. The highest BCUT2D eigenvalue weighted by Crippen LogP contribution is 2.58. The van der Waals surface area contributed by atoms with Crippen molar-refractivity contribution in [2.24, 2.45) is 21.1 Å². The third-order valence-electron chi connectivity index (χ3n) is 8.70. The summed E-state index contributed by atoms with van der Waals surface area (Å²) in [4.78, 5) is 0. The number of fused-ring (bicyclic) bond motifs is 6. The van der Waals surface area contributed by atoms with E-state index in [9.17, 15) is 0 Å². The fraction of sp³-hybridized carbons (Fsp3) is 1.00. The van der Waals surface area contributed by atoms with Crippen molar-refractivity contribution in [1.82, 2.24) is 0 Å². The summed E-state index contributed by atoms with van der Waals surface area (Å²) < 4.78 is 0. The molecule has 0 unspecified atom stereocenters. The van der Waals surface area contributed by atoms with Crippen LogP contribution in [-0.2, 0) is 0 Å². The van der Waals surface area contributed by atoms with Gasteiger partial charge in [-0.3, -0.25) is 0 Å². The molecule has 0 aromatic carbocycles. The van der Waals surface area contributed by atoms with Crippen LogP contribution in [0.5, 0.6) is 0 Å². The van der Waals surface area contributed by atoms with Gasteiger partial charge in [-0.15, -0.1) is 0 Å². The monoisotopic (exact) mass is 302 g/mol. The lowest BCUT2D eigenvalue weighted by molar-refractivity contribution is 0.0204. The predicted molar refractivity (Wildman–Crippen MR) is 91.2 cm³/mol. The molecule has 0 aromatic heterocycles. The maximum Gasteiger partial charge on any atom is 0.0816 e. The average molecular weight is 303 g/mol. The molecule has 6 saturated carbocycles. The maximum absolute atomic E-state index is 5.10. The number of rotatable bonds is 4. The van der Waals surface area contributed by atoms with E-state index in [4.69, 9.17) is 10.2 Å².